The normalized spacial score (nSPS) is 16.9. The quantitative estimate of drug-likeness (QED) is 0.119. The molecule has 14 nitrogen and oxygen atoms in total. The minimum Gasteiger partial charge on any atom is -0.542 e. The summed E-state index contributed by atoms with van der Waals surface area (Å²) in [6, 6.07) is 0. The van der Waals surface area contributed by atoms with E-state index in [4.69, 9.17) is 40.9 Å². The molecule has 0 saturated heterocycles. The predicted molar refractivity (Wildman–Crippen MR) is 76.0 cm³/mol. The van der Waals surface area contributed by atoms with Crippen LogP contribution in [0.1, 0.15) is 0 Å². The molecular formula is C12H18CaO14. The summed E-state index contributed by atoms with van der Waals surface area (Å²) in [5.41, 5.74) is 0. The molecule has 0 saturated carbocycles. The summed E-state index contributed by atoms with van der Waals surface area (Å²) in [6.07, 6.45) is -12.2. The van der Waals surface area contributed by atoms with Gasteiger partial charge in [-0.2, -0.15) is 0 Å². The van der Waals surface area contributed by atoms with Gasteiger partial charge in [0.1, 0.15) is 48.6 Å². The number of Topliss-reactive ketones (excluding diaryl/α,β-unsaturated/α-hetero) is 2. The van der Waals surface area contributed by atoms with E-state index in [9.17, 15) is 29.4 Å². The summed E-state index contributed by atoms with van der Waals surface area (Å²) in [7, 11) is 0. The van der Waals surface area contributed by atoms with Gasteiger partial charge in [-0.3, -0.25) is 9.59 Å². The number of aliphatic hydroxyl groups excluding tert-OH is 8. The average molecular weight is 426 g/mol. The van der Waals surface area contributed by atoms with Crippen LogP contribution in [0.2, 0.25) is 0 Å². The topological polar surface area (TPSA) is 276 Å². The summed E-state index contributed by atoms with van der Waals surface area (Å²) in [5.74, 6) is -7.84. The molecule has 0 aromatic rings. The molecule has 15 heteroatoms. The van der Waals surface area contributed by atoms with Crippen LogP contribution in [0.5, 0.6) is 0 Å². The van der Waals surface area contributed by atoms with Gasteiger partial charge in [-0.15, -0.1) is 0 Å². The first kappa shape index (κ1) is 30.9. The fourth-order valence-corrected chi connectivity index (χ4v) is 1.19. The third kappa shape index (κ3) is 11.0. The third-order valence-corrected chi connectivity index (χ3v) is 2.75. The Kier molecular flexibility index (Phi) is 17.4. The Morgan fingerprint density at radius 1 is 0.630 bits per heavy atom. The van der Waals surface area contributed by atoms with Crippen LogP contribution in [0, 0.1) is 0 Å². The first-order valence-electron chi connectivity index (χ1n) is 6.63. The molecule has 152 valence electrons. The maximum atomic E-state index is 10.4. The van der Waals surface area contributed by atoms with Crippen LogP contribution >= 0.6 is 0 Å². The van der Waals surface area contributed by atoms with Crippen molar-refractivity contribution in [2.75, 3.05) is 13.2 Å². The molecule has 0 aliphatic rings. The number of carboxylic acids is 2. The fraction of sp³-hybridized carbons (Fsp3) is 0.667. The Bertz CT molecular complexity index is 452. The number of carboxylic acid groups (broad SMARTS) is 2. The number of hydrogen-bond donors (Lipinski definition) is 8. The Hall–Kier alpha value is -0.780. The van der Waals surface area contributed by atoms with Crippen molar-refractivity contribution < 1.29 is 70.2 Å². The molecule has 27 heavy (non-hydrogen) atoms. The zero-order chi connectivity index (χ0) is 21.2. The van der Waals surface area contributed by atoms with Crippen molar-refractivity contribution in [1.82, 2.24) is 0 Å². The zero-order valence-corrected chi connectivity index (χ0v) is 15.8. The SMILES string of the molecule is O=C([O-])C(=O)[C@H](O)[C@@H](O)[C@H](O)CO.O=C([O-])C(=O)[C@H](O)[C@@H](O)[C@H](O)CO.[Ca+2]. The maximum Gasteiger partial charge on any atom is 2.00 e. The summed E-state index contributed by atoms with van der Waals surface area (Å²) in [5, 5.41) is 88.9. The molecule has 8 N–H and O–H groups in total. The molecule has 0 heterocycles. The molecule has 0 spiro atoms. The third-order valence-electron chi connectivity index (χ3n) is 2.75. The fourth-order valence-electron chi connectivity index (χ4n) is 1.19. The van der Waals surface area contributed by atoms with Gasteiger partial charge in [0.15, 0.2) is 0 Å². The smallest absolute Gasteiger partial charge is 0.542 e. The van der Waals surface area contributed by atoms with Crippen molar-refractivity contribution in [1.29, 1.82) is 0 Å². The number of carbonyl (C=O) groups excluding carboxylic acids is 4. The second-order valence-corrected chi connectivity index (χ2v) is 4.67. The average Bonchev–Trinajstić information content (AvgIpc) is 2.62. The second kappa shape index (κ2) is 15.2. The van der Waals surface area contributed by atoms with E-state index in [0.29, 0.717) is 0 Å². The molecule has 6 atom stereocenters. The Morgan fingerprint density at radius 3 is 1.00 bits per heavy atom. The van der Waals surface area contributed by atoms with Gasteiger partial charge in [0.2, 0.25) is 11.6 Å². The summed E-state index contributed by atoms with van der Waals surface area (Å²) in [6.45, 7) is -1.81. The maximum absolute atomic E-state index is 10.4. The Labute approximate surface area is 180 Å². The number of hydrogen-bond acceptors (Lipinski definition) is 14. The summed E-state index contributed by atoms with van der Waals surface area (Å²) < 4.78 is 0. The van der Waals surface area contributed by atoms with Crippen LogP contribution < -0.4 is 10.2 Å². The molecule has 0 rings (SSSR count). The molecule has 0 unspecified atom stereocenters. The van der Waals surface area contributed by atoms with Gasteiger partial charge in [-0.1, -0.05) is 0 Å². The van der Waals surface area contributed by atoms with E-state index >= 15 is 0 Å². The number of aliphatic carboxylic acids is 2. The van der Waals surface area contributed by atoms with Gasteiger partial charge in [0.25, 0.3) is 0 Å². The second-order valence-electron chi connectivity index (χ2n) is 4.67. The van der Waals surface area contributed by atoms with Gasteiger partial charge in [-0.05, 0) is 0 Å². The van der Waals surface area contributed by atoms with Crippen molar-refractivity contribution in [3.8, 4) is 0 Å². The number of rotatable bonds is 10. The predicted octanol–water partition coefficient (Wildman–Crippen LogP) is -9.62. The van der Waals surface area contributed by atoms with E-state index in [1.165, 1.54) is 0 Å². The molecule has 0 aromatic heterocycles. The summed E-state index contributed by atoms with van der Waals surface area (Å²) in [4.78, 5) is 40.6. The molecule has 0 amide bonds. The van der Waals surface area contributed by atoms with Crippen molar-refractivity contribution in [2.45, 2.75) is 36.6 Å². The first-order valence-corrected chi connectivity index (χ1v) is 6.63. The molecule has 0 aliphatic heterocycles. The molecule has 0 bridgehead atoms. The van der Waals surface area contributed by atoms with Crippen LogP contribution in [0.25, 0.3) is 0 Å². The van der Waals surface area contributed by atoms with E-state index < -0.39 is 73.3 Å². The van der Waals surface area contributed by atoms with Crippen molar-refractivity contribution in [3.05, 3.63) is 0 Å². The molecule has 0 aromatic carbocycles. The van der Waals surface area contributed by atoms with E-state index in [1.807, 2.05) is 0 Å². The van der Waals surface area contributed by atoms with E-state index in [-0.39, 0.29) is 37.7 Å². The minimum absolute atomic E-state index is 0. The minimum atomic E-state index is -2.30. The monoisotopic (exact) mass is 426 g/mol. The van der Waals surface area contributed by atoms with E-state index in [0.717, 1.165) is 0 Å². The summed E-state index contributed by atoms with van der Waals surface area (Å²) >= 11 is 0. The number of ketones is 2. The van der Waals surface area contributed by atoms with Gasteiger partial charge in [0.05, 0.1) is 13.2 Å². The van der Waals surface area contributed by atoms with Gasteiger partial charge < -0.3 is 60.7 Å². The van der Waals surface area contributed by atoms with Crippen LogP contribution in [-0.4, -0.2) is 152 Å². The van der Waals surface area contributed by atoms with Crippen LogP contribution in [0.3, 0.4) is 0 Å². The molecule has 0 radical (unpaired) electrons. The molecule has 0 aliphatic carbocycles. The number of carbonyl (C=O) groups is 4. The van der Waals surface area contributed by atoms with Gasteiger partial charge >= 0.3 is 37.7 Å². The van der Waals surface area contributed by atoms with Crippen molar-refractivity contribution in [3.63, 3.8) is 0 Å². The van der Waals surface area contributed by atoms with Crippen LogP contribution in [0.4, 0.5) is 0 Å². The first-order chi connectivity index (χ1) is 11.8. The van der Waals surface area contributed by atoms with Crippen LogP contribution in [-0.2, 0) is 19.2 Å². The largest absolute Gasteiger partial charge is 2.00 e. The Balaban J connectivity index is -0.000000411. The van der Waals surface area contributed by atoms with Gasteiger partial charge in [-0.25, -0.2) is 0 Å². The molecular weight excluding hydrogens is 408 g/mol. The van der Waals surface area contributed by atoms with E-state index in [2.05, 4.69) is 0 Å². The standard InChI is InChI=1S/2C6H10O7.Ca/c2*7-1-2(8)3(9)4(10)5(11)6(12)13;/h2*2-4,7-10H,1H2,(H,12,13);/q;;+2/p-2/t2*2-,3+,4-;/m11./s1. The van der Waals surface area contributed by atoms with Gasteiger partial charge in [0, 0.05) is 0 Å². The van der Waals surface area contributed by atoms with Crippen molar-refractivity contribution in [2.24, 2.45) is 0 Å². The number of aliphatic hydroxyl groups is 8. The Morgan fingerprint density at radius 2 is 0.852 bits per heavy atom. The van der Waals surface area contributed by atoms with E-state index in [1.54, 1.807) is 0 Å². The van der Waals surface area contributed by atoms with Crippen LogP contribution in [0.15, 0.2) is 0 Å². The van der Waals surface area contributed by atoms with Crippen molar-refractivity contribution >= 4 is 61.2 Å². The zero-order valence-electron chi connectivity index (χ0n) is 13.6. The molecule has 0 fully saturated rings.